The Balaban J connectivity index is 2.15. The highest BCUT2D eigenvalue weighted by atomic mass is 16.5. The Labute approximate surface area is 108 Å². The third kappa shape index (κ3) is 2.02. The predicted molar refractivity (Wildman–Crippen MR) is 65.8 cm³/mol. The molecule has 4 nitrogen and oxygen atoms in total. The summed E-state index contributed by atoms with van der Waals surface area (Å²) < 4.78 is 10.4. The van der Waals surface area contributed by atoms with E-state index in [0.29, 0.717) is 19.6 Å². The predicted octanol–water partition coefficient (Wildman–Crippen LogP) is 2.45. The molecule has 0 amide bonds. The molecule has 0 radical (unpaired) electrons. The minimum atomic E-state index is -0.416. The minimum Gasteiger partial charge on any atom is -0.466 e. The van der Waals surface area contributed by atoms with Gasteiger partial charge in [-0.2, -0.15) is 0 Å². The number of hydrogen-bond donors (Lipinski definition) is 0. The van der Waals surface area contributed by atoms with Gasteiger partial charge in [-0.15, -0.1) is 0 Å². The van der Waals surface area contributed by atoms with E-state index in [4.69, 9.17) is 9.47 Å². The Bertz CT molecular complexity index is 320. The van der Waals surface area contributed by atoms with Crippen LogP contribution in [0.15, 0.2) is 0 Å². The van der Waals surface area contributed by atoms with Crippen LogP contribution < -0.4 is 0 Å². The minimum absolute atomic E-state index is 0.115. The molecule has 0 aliphatic heterocycles. The van der Waals surface area contributed by atoms with E-state index in [1.807, 2.05) is 13.8 Å². The van der Waals surface area contributed by atoms with Crippen molar-refractivity contribution in [3.8, 4) is 0 Å². The molecule has 2 saturated carbocycles. The third-order valence-corrected chi connectivity index (χ3v) is 4.49. The first kappa shape index (κ1) is 13.4. The molecule has 0 aromatic rings. The summed E-state index contributed by atoms with van der Waals surface area (Å²) in [4.78, 5) is 24.3. The van der Waals surface area contributed by atoms with E-state index in [1.54, 1.807) is 0 Å². The summed E-state index contributed by atoms with van der Waals surface area (Å²) >= 11 is 0. The molecule has 102 valence electrons. The fourth-order valence-electron chi connectivity index (χ4n) is 3.62. The van der Waals surface area contributed by atoms with Crippen molar-refractivity contribution in [2.75, 3.05) is 13.2 Å². The summed E-state index contributed by atoms with van der Waals surface area (Å²) in [5.74, 6) is -0.230. The lowest BCUT2D eigenvalue weighted by Crippen LogP contribution is -2.39. The maximum absolute atomic E-state index is 12.1. The number of carbonyl (C=O) groups excluding carboxylic acids is 2. The first-order valence-electron chi connectivity index (χ1n) is 6.93. The molecule has 0 spiro atoms. The lowest BCUT2D eigenvalue weighted by atomic mass is 9.69. The Kier molecular flexibility index (Phi) is 3.64. The lowest BCUT2D eigenvalue weighted by molar-refractivity contribution is -0.163. The number of fused-ring (bicyclic) bond motifs is 2. The van der Waals surface area contributed by atoms with Gasteiger partial charge in [-0.05, 0) is 46.0 Å². The zero-order valence-corrected chi connectivity index (χ0v) is 11.3. The number of rotatable bonds is 4. The molecule has 0 heterocycles. The van der Waals surface area contributed by atoms with Gasteiger partial charge in [0.25, 0.3) is 0 Å². The monoisotopic (exact) mass is 254 g/mol. The van der Waals surface area contributed by atoms with Crippen molar-refractivity contribution in [1.82, 2.24) is 0 Å². The molecular formula is C14H22O4. The summed E-state index contributed by atoms with van der Waals surface area (Å²) in [6.07, 6.45) is 4.78. The normalized spacial score (nSPS) is 34.1. The van der Waals surface area contributed by atoms with Crippen LogP contribution in [0.3, 0.4) is 0 Å². The van der Waals surface area contributed by atoms with Crippen LogP contribution in [0.1, 0.15) is 52.4 Å². The van der Waals surface area contributed by atoms with Crippen molar-refractivity contribution in [2.24, 2.45) is 10.8 Å². The van der Waals surface area contributed by atoms with Gasteiger partial charge in [0, 0.05) is 0 Å². The molecule has 0 aromatic heterocycles. The van der Waals surface area contributed by atoms with Gasteiger partial charge in [0.05, 0.1) is 24.0 Å². The van der Waals surface area contributed by atoms with Gasteiger partial charge in [-0.3, -0.25) is 9.59 Å². The first-order valence-corrected chi connectivity index (χ1v) is 6.93. The molecular weight excluding hydrogens is 232 g/mol. The maximum Gasteiger partial charge on any atom is 0.312 e. The van der Waals surface area contributed by atoms with E-state index in [9.17, 15) is 9.59 Å². The average molecular weight is 254 g/mol. The van der Waals surface area contributed by atoms with E-state index in [2.05, 4.69) is 0 Å². The fraction of sp³-hybridized carbons (Fsp3) is 0.857. The van der Waals surface area contributed by atoms with Crippen molar-refractivity contribution >= 4 is 11.9 Å². The van der Waals surface area contributed by atoms with Crippen LogP contribution in [0.4, 0.5) is 0 Å². The van der Waals surface area contributed by atoms with Crippen LogP contribution in [0.5, 0.6) is 0 Å². The Hall–Kier alpha value is -1.06. The molecule has 2 aliphatic rings. The molecule has 2 aliphatic carbocycles. The summed E-state index contributed by atoms with van der Waals surface area (Å²) in [6, 6.07) is 0. The second-order valence-corrected chi connectivity index (χ2v) is 5.53. The van der Waals surface area contributed by atoms with E-state index >= 15 is 0 Å². The van der Waals surface area contributed by atoms with Gasteiger partial charge in [-0.25, -0.2) is 0 Å². The SMILES string of the molecule is CCOC(=O)C12CCCC(C(=O)OCC)(CC1)C2. The van der Waals surface area contributed by atoms with Gasteiger partial charge >= 0.3 is 11.9 Å². The summed E-state index contributed by atoms with van der Waals surface area (Å²) in [6.45, 7) is 4.47. The molecule has 18 heavy (non-hydrogen) atoms. The highest BCUT2D eigenvalue weighted by molar-refractivity contribution is 5.83. The molecule has 2 rings (SSSR count). The van der Waals surface area contributed by atoms with Crippen LogP contribution in [0.25, 0.3) is 0 Å². The van der Waals surface area contributed by atoms with Crippen molar-refractivity contribution in [1.29, 1.82) is 0 Å². The average Bonchev–Trinajstić information content (AvgIpc) is 2.64. The number of hydrogen-bond acceptors (Lipinski definition) is 4. The van der Waals surface area contributed by atoms with E-state index < -0.39 is 10.8 Å². The second kappa shape index (κ2) is 4.90. The van der Waals surface area contributed by atoms with Gasteiger partial charge in [0.1, 0.15) is 0 Å². The van der Waals surface area contributed by atoms with Gasteiger partial charge in [0.2, 0.25) is 0 Å². The van der Waals surface area contributed by atoms with Crippen molar-refractivity contribution in [3.05, 3.63) is 0 Å². The second-order valence-electron chi connectivity index (χ2n) is 5.53. The van der Waals surface area contributed by atoms with Crippen LogP contribution in [0.2, 0.25) is 0 Å². The standard InChI is InChI=1S/C14H22O4/c1-3-17-11(15)13-6-5-7-14(10-13,9-8-13)12(16)18-4-2/h3-10H2,1-2H3. The van der Waals surface area contributed by atoms with Gasteiger partial charge in [-0.1, -0.05) is 6.42 Å². The molecule has 0 N–H and O–H groups in total. The van der Waals surface area contributed by atoms with E-state index in [0.717, 1.165) is 32.1 Å². The topological polar surface area (TPSA) is 52.6 Å². The van der Waals surface area contributed by atoms with Gasteiger partial charge in [0.15, 0.2) is 0 Å². The van der Waals surface area contributed by atoms with Crippen molar-refractivity contribution < 1.29 is 19.1 Å². The number of ether oxygens (including phenoxy) is 2. The molecule has 2 unspecified atom stereocenters. The van der Waals surface area contributed by atoms with Crippen molar-refractivity contribution in [3.63, 3.8) is 0 Å². The van der Waals surface area contributed by atoms with Crippen LogP contribution >= 0.6 is 0 Å². The molecule has 2 atom stereocenters. The first-order chi connectivity index (χ1) is 8.58. The molecule has 0 aromatic carbocycles. The Morgan fingerprint density at radius 3 is 1.72 bits per heavy atom. The summed E-state index contributed by atoms with van der Waals surface area (Å²) in [5, 5.41) is 0. The maximum atomic E-state index is 12.1. The van der Waals surface area contributed by atoms with Crippen LogP contribution in [-0.4, -0.2) is 25.2 Å². The van der Waals surface area contributed by atoms with E-state index in [1.165, 1.54) is 0 Å². The zero-order valence-electron chi connectivity index (χ0n) is 11.3. The fourth-order valence-corrected chi connectivity index (χ4v) is 3.62. The van der Waals surface area contributed by atoms with Gasteiger partial charge < -0.3 is 9.47 Å². The largest absolute Gasteiger partial charge is 0.466 e. The molecule has 2 fully saturated rings. The summed E-state index contributed by atoms with van der Waals surface area (Å²) in [7, 11) is 0. The Morgan fingerprint density at radius 1 is 0.889 bits per heavy atom. The highest BCUT2D eigenvalue weighted by Gasteiger charge is 2.59. The quantitative estimate of drug-likeness (QED) is 0.723. The van der Waals surface area contributed by atoms with Crippen LogP contribution in [-0.2, 0) is 19.1 Å². The molecule has 0 saturated heterocycles. The zero-order chi connectivity index (χ0) is 13.2. The third-order valence-electron chi connectivity index (χ3n) is 4.49. The smallest absolute Gasteiger partial charge is 0.312 e. The lowest BCUT2D eigenvalue weighted by Gasteiger charge is -2.36. The van der Waals surface area contributed by atoms with Crippen LogP contribution in [0, 0.1) is 10.8 Å². The number of carbonyl (C=O) groups is 2. The summed E-state index contributed by atoms with van der Waals surface area (Å²) in [5.41, 5.74) is -0.831. The Morgan fingerprint density at radius 2 is 1.33 bits per heavy atom. The van der Waals surface area contributed by atoms with E-state index in [-0.39, 0.29) is 11.9 Å². The number of esters is 2. The molecule has 2 bridgehead atoms. The van der Waals surface area contributed by atoms with Crippen molar-refractivity contribution in [2.45, 2.75) is 52.4 Å². The highest BCUT2D eigenvalue weighted by Crippen LogP contribution is 2.59. The molecule has 4 heteroatoms.